The summed E-state index contributed by atoms with van der Waals surface area (Å²) in [4.78, 5) is 46.8. The van der Waals surface area contributed by atoms with Crippen LogP contribution in [0.4, 0.5) is 5.95 Å². The molecule has 150 valence electrons. The molecule has 0 radical (unpaired) electrons. The van der Waals surface area contributed by atoms with Crippen molar-refractivity contribution in [2.75, 3.05) is 4.98 Å². The van der Waals surface area contributed by atoms with Gasteiger partial charge in [0.2, 0.25) is 5.95 Å². The molecule has 1 unspecified atom stereocenters. The Bertz CT molecular complexity index is 762. The van der Waals surface area contributed by atoms with E-state index in [1.54, 1.807) is 0 Å². The van der Waals surface area contributed by atoms with E-state index in [2.05, 4.69) is 15.0 Å². The number of ether oxygens (including phenoxy) is 3. The van der Waals surface area contributed by atoms with Gasteiger partial charge in [-0.3, -0.25) is 14.2 Å². The average molecular weight is 398 g/mol. The Kier molecular flexibility index (Phi) is 6.37. The summed E-state index contributed by atoms with van der Waals surface area (Å²) >= 11 is 0. The van der Waals surface area contributed by atoms with Crippen LogP contribution in [0.5, 0.6) is 0 Å². The van der Waals surface area contributed by atoms with Gasteiger partial charge in [0, 0.05) is 13.8 Å². The van der Waals surface area contributed by atoms with E-state index in [4.69, 9.17) is 14.2 Å². The Balaban J connectivity index is 2.37. The van der Waals surface area contributed by atoms with Crippen LogP contribution in [-0.4, -0.2) is 53.0 Å². The minimum Gasteiger partial charge on any atom is -0.456 e. The number of hydrogen-bond acceptors (Lipinski definition) is 9. The van der Waals surface area contributed by atoms with Crippen LogP contribution < -0.4 is 10.7 Å². The van der Waals surface area contributed by atoms with Gasteiger partial charge >= 0.3 is 17.6 Å². The van der Waals surface area contributed by atoms with Crippen LogP contribution >= 0.6 is 0 Å². The maximum atomic E-state index is 12.5. The van der Waals surface area contributed by atoms with E-state index in [-0.39, 0.29) is 5.95 Å². The van der Waals surface area contributed by atoms with Gasteiger partial charge in [-0.25, -0.2) is 9.78 Å². The van der Waals surface area contributed by atoms with E-state index in [1.807, 2.05) is 26.6 Å². The molecule has 1 aliphatic heterocycles. The lowest BCUT2D eigenvalue weighted by Crippen LogP contribution is -2.41. The minimum atomic E-state index is -1.73. The molecule has 1 saturated heterocycles. The molecule has 2 heterocycles. The predicted molar refractivity (Wildman–Crippen MR) is 98.6 cm³/mol. The normalized spacial score (nSPS) is 25.1. The molecule has 11 heteroatoms. The number of hydrogen-bond donors (Lipinski definition) is 1. The summed E-state index contributed by atoms with van der Waals surface area (Å²) in [5.74, 6) is -0.868. The lowest BCUT2D eigenvalue weighted by atomic mass is 10.1. The first-order chi connectivity index (χ1) is 12.5. The number of nitrogens with zero attached hydrogens (tertiary/aromatic N) is 3. The second kappa shape index (κ2) is 8.17. The summed E-state index contributed by atoms with van der Waals surface area (Å²) < 4.78 is 17.6. The quantitative estimate of drug-likeness (QED) is 0.553. The fourth-order valence-electron chi connectivity index (χ4n) is 2.83. The fourth-order valence-corrected chi connectivity index (χ4v) is 3.62. The molecule has 1 fully saturated rings. The number of anilines is 1. The third-order valence-corrected chi connectivity index (χ3v) is 4.75. The van der Waals surface area contributed by atoms with Gasteiger partial charge in [-0.2, -0.15) is 4.98 Å². The first-order valence-corrected chi connectivity index (χ1v) is 12.2. The SMILES string of the molecule is CC[C@H]1O[C@@H](n2cnc(N[Si](C)(C)C)nc2=O)[C@@H](OC(C)=O)C1OC(C)=O. The lowest BCUT2D eigenvalue weighted by Gasteiger charge is -2.24. The number of carbonyl (C=O) groups excluding carboxylic acids is 2. The minimum absolute atomic E-state index is 0.237. The van der Waals surface area contributed by atoms with Gasteiger partial charge in [0.1, 0.15) is 20.7 Å². The van der Waals surface area contributed by atoms with Crippen LogP contribution in [0.2, 0.25) is 19.6 Å². The monoisotopic (exact) mass is 398 g/mol. The van der Waals surface area contributed by atoms with Crippen molar-refractivity contribution in [3.8, 4) is 0 Å². The van der Waals surface area contributed by atoms with Crippen LogP contribution in [0.15, 0.2) is 11.1 Å². The van der Waals surface area contributed by atoms with E-state index in [0.717, 1.165) is 4.57 Å². The molecule has 1 aromatic heterocycles. The second-order valence-corrected chi connectivity index (χ2v) is 12.1. The Morgan fingerprint density at radius 3 is 2.30 bits per heavy atom. The number of nitrogens with one attached hydrogen (secondary N) is 1. The molecular weight excluding hydrogens is 372 g/mol. The Hall–Kier alpha value is -2.27. The molecule has 0 aliphatic carbocycles. The highest BCUT2D eigenvalue weighted by Gasteiger charge is 2.49. The van der Waals surface area contributed by atoms with Crippen LogP contribution in [0.1, 0.15) is 33.4 Å². The molecule has 0 bridgehead atoms. The summed E-state index contributed by atoms with van der Waals surface area (Å²) in [6.07, 6.45) is -1.54. The van der Waals surface area contributed by atoms with Crippen molar-refractivity contribution in [1.82, 2.24) is 14.5 Å². The highest BCUT2D eigenvalue weighted by atomic mass is 28.3. The average Bonchev–Trinajstić information content (AvgIpc) is 2.82. The summed E-state index contributed by atoms with van der Waals surface area (Å²) in [5.41, 5.74) is -0.605. The van der Waals surface area contributed by atoms with Crippen molar-refractivity contribution in [2.24, 2.45) is 0 Å². The van der Waals surface area contributed by atoms with Crippen LogP contribution in [0.3, 0.4) is 0 Å². The smallest absolute Gasteiger partial charge is 0.354 e. The highest BCUT2D eigenvalue weighted by molar-refractivity contribution is 6.79. The molecule has 27 heavy (non-hydrogen) atoms. The van der Waals surface area contributed by atoms with Crippen molar-refractivity contribution in [2.45, 2.75) is 71.4 Å². The third-order valence-electron chi connectivity index (χ3n) is 3.78. The zero-order valence-corrected chi connectivity index (χ0v) is 17.4. The maximum absolute atomic E-state index is 12.5. The molecule has 1 aliphatic rings. The summed E-state index contributed by atoms with van der Waals surface area (Å²) in [6.45, 7) is 10.5. The number of aromatic nitrogens is 3. The van der Waals surface area contributed by atoms with Gasteiger partial charge in [0.25, 0.3) is 0 Å². The fraction of sp³-hybridized carbons (Fsp3) is 0.688. The molecule has 1 N–H and O–H groups in total. The standard InChI is InChI=1S/C16H26N4O6Si/c1-7-11-12(24-9(2)21)13(25-10(3)22)14(26-11)20-8-17-15(18-16(20)23)19-27(4,5)6/h8,11-14H,7H2,1-6H3,(H,18,19,23)/t11-,12?,13+,14-/m1/s1. The molecule has 0 amide bonds. The van der Waals surface area contributed by atoms with Crippen molar-refractivity contribution in [3.05, 3.63) is 16.8 Å². The summed E-state index contributed by atoms with van der Waals surface area (Å²) in [6, 6.07) is 0. The molecule has 0 aromatic carbocycles. The Morgan fingerprint density at radius 1 is 1.22 bits per heavy atom. The lowest BCUT2D eigenvalue weighted by molar-refractivity contribution is -0.165. The van der Waals surface area contributed by atoms with E-state index in [1.165, 1.54) is 20.2 Å². The maximum Gasteiger partial charge on any atom is 0.354 e. The number of carbonyl (C=O) groups is 2. The van der Waals surface area contributed by atoms with Gasteiger partial charge < -0.3 is 19.2 Å². The van der Waals surface area contributed by atoms with Gasteiger partial charge in [-0.1, -0.05) is 26.6 Å². The summed E-state index contributed by atoms with van der Waals surface area (Å²) in [5, 5.41) is 0. The zero-order valence-electron chi connectivity index (χ0n) is 16.4. The van der Waals surface area contributed by atoms with Crippen molar-refractivity contribution < 1.29 is 23.8 Å². The number of esters is 2. The Morgan fingerprint density at radius 2 is 1.81 bits per heavy atom. The molecule has 4 atom stereocenters. The van der Waals surface area contributed by atoms with Gasteiger partial charge in [0.15, 0.2) is 18.4 Å². The Labute approximate surface area is 158 Å². The number of rotatable bonds is 6. The second-order valence-electron chi connectivity index (χ2n) is 7.37. The molecule has 1 aromatic rings. The molecule has 0 spiro atoms. The van der Waals surface area contributed by atoms with E-state index < -0.39 is 50.4 Å². The first-order valence-electron chi connectivity index (χ1n) is 8.75. The van der Waals surface area contributed by atoms with Gasteiger partial charge in [-0.05, 0) is 6.42 Å². The van der Waals surface area contributed by atoms with Gasteiger partial charge in [-0.15, -0.1) is 0 Å². The molecule has 0 saturated carbocycles. The third kappa shape index (κ3) is 5.36. The zero-order chi connectivity index (χ0) is 20.4. The molecule has 10 nitrogen and oxygen atoms in total. The molecule has 2 rings (SSSR count). The first kappa shape index (κ1) is 21.0. The van der Waals surface area contributed by atoms with Crippen molar-refractivity contribution in [3.63, 3.8) is 0 Å². The van der Waals surface area contributed by atoms with Crippen LogP contribution in [0.25, 0.3) is 0 Å². The predicted octanol–water partition coefficient (Wildman–Crippen LogP) is 1.06. The topological polar surface area (TPSA) is 122 Å². The van der Waals surface area contributed by atoms with Crippen molar-refractivity contribution >= 4 is 26.1 Å². The van der Waals surface area contributed by atoms with E-state index in [9.17, 15) is 14.4 Å². The van der Waals surface area contributed by atoms with Crippen LogP contribution in [-0.2, 0) is 23.8 Å². The largest absolute Gasteiger partial charge is 0.456 e. The highest BCUT2D eigenvalue weighted by Crippen LogP contribution is 2.34. The van der Waals surface area contributed by atoms with Crippen LogP contribution in [0, 0.1) is 0 Å². The van der Waals surface area contributed by atoms with Crippen molar-refractivity contribution in [1.29, 1.82) is 0 Å². The summed E-state index contributed by atoms with van der Waals surface area (Å²) in [7, 11) is -1.73. The van der Waals surface area contributed by atoms with Gasteiger partial charge in [0.05, 0.1) is 0 Å². The van der Waals surface area contributed by atoms with E-state index >= 15 is 0 Å². The molecular formula is C16H26N4O6Si. The van der Waals surface area contributed by atoms with E-state index in [0.29, 0.717) is 6.42 Å².